The molecule has 0 radical (unpaired) electrons. The van der Waals surface area contributed by atoms with Crippen LogP contribution in [0, 0.1) is 56.8 Å². The van der Waals surface area contributed by atoms with Crippen molar-refractivity contribution in [2.75, 3.05) is 80.3 Å². The van der Waals surface area contributed by atoms with Gasteiger partial charge in [-0.25, -0.2) is 37.1 Å². The Morgan fingerprint density at radius 2 is 0.362 bits per heavy atom. The van der Waals surface area contributed by atoms with Gasteiger partial charge in [0.1, 0.15) is 27.2 Å². The molecule has 0 rings (SSSR count). The molecule has 0 aromatic carbocycles. The Morgan fingerprint density at radius 3 is 0.449 bits per heavy atom. The van der Waals surface area contributed by atoms with Crippen LogP contribution in [0.2, 0.25) is 0 Å². The van der Waals surface area contributed by atoms with Gasteiger partial charge in [-0.1, -0.05) is 145 Å². The largest absolute Gasteiger partial charge is 4.00 e. The quantitative estimate of drug-likeness (QED) is 0.0222. The summed E-state index contributed by atoms with van der Waals surface area (Å²) in [5.74, 6) is 0. The van der Waals surface area contributed by atoms with E-state index in [-0.39, 0.29) is 203 Å². The number of hydrogen-bond donors (Lipinski definition) is 0. The van der Waals surface area contributed by atoms with Crippen LogP contribution in [0.1, 0.15) is 119 Å². The summed E-state index contributed by atoms with van der Waals surface area (Å²) >= 11 is 0. The summed E-state index contributed by atoms with van der Waals surface area (Å²) in [6.07, 6.45) is 5.50. The molecule has 0 aliphatic rings. The fraction of sp³-hybridized carbons (Fsp3) is 0.636. The van der Waals surface area contributed by atoms with Crippen LogP contribution in [0.5, 0.6) is 0 Å². The second kappa shape index (κ2) is 417. The Hall–Kier alpha value is -2.35. The molecular formula is C44H116F8O16U. The van der Waals surface area contributed by atoms with E-state index in [1.165, 1.54) is 25.7 Å². The van der Waals surface area contributed by atoms with Gasteiger partial charge in [-0.15, -0.1) is 52.6 Å². The van der Waals surface area contributed by atoms with E-state index in [0.717, 1.165) is 0 Å². The van der Waals surface area contributed by atoms with E-state index in [4.69, 9.17) is 19.2 Å². The molecule has 0 atom stereocenters. The third-order valence-corrected chi connectivity index (χ3v) is 2.17. The molecule has 0 aromatic heterocycles. The van der Waals surface area contributed by atoms with E-state index in [1.54, 1.807) is 0 Å². The zero-order valence-corrected chi connectivity index (χ0v) is 33.5. The summed E-state index contributed by atoms with van der Waals surface area (Å²) in [5, 5.41) is 10.8. The Labute approximate surface area is 447 Å². The van der Waals surface area contributed by atoms with Crippen molar-refractivity contribution < 1.29 is 145 Å². The first kappa shape index (κ1) is 203. The summed E-state index contributed by atoms with van der Waals surface area (Å²) in [6, 6.07) is 0. The molecule has 0 N–H and O–H groups in total. The Balaban J connectivity index is -0.00000000967. The first-order valence-corrected chi connectivity index (χ1v) is 12.2. The molecule has 0 aliphatic heterocycles. The van der Waals surface area contributed by atoms with Gasteiger partial charge in [-0.3, -0.25) is 25.7 Å². The third-order valence-electron chi connectivity index (χ3n) is 2.17. The van der Waals surface area contributed by atoms with E-state index in [0.29, 0.717) is 0 Å². The number of rotatable bonds is 24. The van der Waals surface area contributed by atoms with Gasteiger partial charge in [0.25, 0.3) is 0 Å². The van der Waals surface area contributed by atoms with Crippen molar-refractivity contribution in [2.24, 2.45) is 0 Å². The maximum atomic E-state index is 11.1. The van der Waals surface area contributed by atoms with Crippen molar-refractivity contribution >= 4 is 27.2 Å². The molecule has 0 saturated heterocycles. The van der Waals surface area contributed by atoms with E-state index < -0.39 is 27.4 Å². The molecule has 448 valence electrons. The molecule has 0 unspecified atom stereocenters. The summed E-state index contributed by atoms with van der Waals surface area (Å²) < 4.78 is 104. The SMILES string of the molecule is C.C.C.C.C.C.C.C.C.C.C.C.C.C.C.C.C=C.C=C.C=C.C=C.C=O.C=O.C=O.C=O.FCOC[CH-]COCF.FCOC[CH-]COCF.FOOC[CH-]COOF.FOOC[CH-]COOF.[U+4]. The van der Waals surface area contributed by atoms with Gasteiger partial charge >= 0.3 is 31.1 Å². The third kappa shape index (κ3) is 567. The molecule has 0 bridgehead atoms. The van der Waals surface area contributed by atoms with Crippen molar-refractivity contribution in [1.82, 2.24) is 0 Å². The smallest absolute Gasteiger partial charge is 0.383 e. The molecule has 0 spiro atoms. The normalized spacial score (nSPS) is 5.68. The summed E-state index contributed by atoms with van der Waals surface area (Å²) in [5.41, 5.74) is 0. The number of carbonyl (C=O) groups is 4. The second-order valence-electron chi connectivity index (χ2n) is 4.46. The summed E-state index contributed by atoms with van der Waals surface area (Å²) in [4.78, 5) is 46.8. The topological polar surface area (TPSA) is 179 Å². The van der Waals surface area contributed by atoms with Gasteiger partial charge < -0.3 is 38.1 Å². The van der Waals surface area contributed by atoms with E-state index in [9.17, 15) is 35.7 Å². The fourth-order valence-electron chi connectivity index (χ4n) is 0.999. The maximum Gasteiger partial charge on any atom is 4.00 e. The molecular weight excluding hydrogens is 1170 g/mol. The second-order valence-corrected chi connectivity index (χ2v) is 4.46. The van der Waals surface area contributed by atoms with E-state index >= 15 is 0 Å². The van der Waals surface area contributed by atoms with E-state index in [2.05, 4.69) is 111 Å². The van der Waals surface area contributed by atoms with Crippen molar-refractivity contribution in [2.45, 2.75) is 119 Å². The van der Waals surface area contributed by atoms with Gasteiger partial charge in [-0.05, 0) is 64.9 Å². The van der Waals surface area contributed by atoms with Gasteiger partial charge in [0.05, 0.1) is 0 Å². The predicted molar refractivity (Wildman–Crippen MR) is 279 cm³/mol. The van der Waals surface area contributed by atoms with E-state index in [1.807, 2.05) is 27.2 Å². The van der Waals surface area contributed by atoms with Crippen LogP contribution in [-0.2, 0) is 78.0 Å². The minimum atomic E-state index is -0.813. The van der Waals surface area contributed by atoms with Crippen molar-refractivity contribution in [3.63, 3.8) is 0 Å². The first-order chi connectivity index (χ1) is 25.7. The number of alkyl halides is 4. The number of hydrogen-bond acceptors (Lipinski definition) is 16. The minimum Gasteiger partial charge on any atom is -0.383 e. The van der Waals surface area contributed by atoms with Crippen LogP contribution < -0.4 is 0 Å². The molecule has 0 amide bonds. The van der Waals surface area contributed by atoms with Gasteiger partial charge in [0.2, 0.25) is 0 Å². The summed E-state index contributed by atoms with van der Waals surface area (Å²) in [7, 11) is 0. The van der Waals surface area contributed by atoms with Gasteiger partial charge in [0, 0.05) is 0 Å². The van der Waals surface area contributed by atoms with Crippen molar-refractivity contribution in [3.05, 3.63) is 78.3 Å². The Kier molecular flexibility index (Phi) is 1220. The number of ether oxygens (including phenoxy) is 4. The summed E-state index contributed by atoms with van der Waals surface area (Å²) in [6.45, 7) is 28.8. The molecule has 0 saturated carbocycles. The Bertz CT molecular complexity index is 362. The molecule has 16 nitrogen and oxygen atoms in total. The first-order valence-electron chi connectivity index (χ1n) is 12.2. The maximum absolute atomic E-state index is 11.1. The predicted octanol–water partition coefficient (Wildman–Crippen LogP) is 16.5. The number of halogens is 8. The molecule has 0 aromatic rings. The zero-order valence-electron chi connectivity index (χ0n) is 29.3. The average molecular weight is 1290 g/mol. The van der Waals surface area contributed by atoms with Gasteiger partial charge in [0.15, 0.2) is 27.4 Å². The van der Waals surface area contributed by atoms with Crippen LogP contribution >= 0.6 is 0 Å². The van der Waals surface area contributed by atoms with Crippen LogP contribution in [0.15, 0.2) is 52.6 Å². The van der Waals surface area contributed by atoms with Crippen LogP contribution in [0.25, 0.3) is 0 Å². The zero-order chi connectivity index (χ0) is 43.8. The number of carbonyl (C=O) groups excluding carboxylic acids is 4. The molecule has 0 heterocycles. The minimum absolute atomic E-state index is 0. The van der Waals surface area contributed by atoms with Gasteiger partial charge in [-0.2, -0.15) is 0 Å². The van der Waals surface area contributed by atoms with Crippen molar-refractivity contribution in [3.8, 4) is 0 Å². The fourth-order valence-corrected chi connectivity index (χ4v) is 0.999. The monoisotopic (exact) mass is 1290 g/mol. The standard InChI is InChI=1S/2C5H9F2O2.2C3H5F2O4.4C2H4.4CH2O.16CH4.U/c2*6-4-8-2-1-3-9-5-7;2*4-8-6-2-1-3-7-9-5;8*1-2;;;;;;;;;;;;;;;;;/h2*1H,2-5H2;2*1H,2-3H2;4*1-2H2;4*1H2;16*1H4;/q4*-1;;;;;;;;;;;;;;;;;;;;;;;;;+4. The van der Waals surface area contributed by atoms with Crippen molar-refractivity contribution in [1.29, 1.82) is 0 Å². The molecule has 0 fully saturated rings. The molecule has 69 heavy (non-hydrogen) atoms. The average Bonchev–Trinajstić information content (AvgIpc) is 3.24. The van der Waals surface area contributed by atoms with Crippen LogP contribution in [0.3, 0.4) is 0 Å². The Morgan fingerprint density at radius 1 is 0.261 bits per heavy atom. The van der Waals surface area contributed by atoms with Crippen LogP contribution in [0.4, 0.5) is 35.7 Å². The molecule has 25 heteroatoms. The van der Waals surface area contributed by atoms with Crippen LogP contribution in [-0.4, -0.2) is 107 Å². The molecule has 0 aliphatic carbocycles.